The van der Waals surface area contributed by atoms with Crippen LogP contribution in [0.25, 0.3) is 0 Å². The van der Waals surface area contributed by atoms with Crippen LogP contribution in [0.15, 0.2) is 18.2 Å². The van der Waals surface area contributed by atoms with E-state index in [-0.39, 0.29) is 5.33 Å². The molecule has 0 fully saturated rings. The summed E-state index contributed by atoms with van der Waals surface area (Å²) in [4.78, 5) is 11.3. The van der Waals surface area contributed by atoms with Crippen molar-refractivity contribution < 1.29 is 31.5 Å². The summed E-state index contributed by atoms with van der Waals surface area (Å²) in [5.41, 5.74) is -1.06. The van der Waals surface area contributed by atoms with Gasteiger partial charge in [-0.05, 0) is 12.1 Å². The summed E-state index contributed by atoms with van der Waals surface area (Å²) in [6.45, 7) is 0. The van der Waals surface area contributed by atoms with Crippen LogP contribution in [0.3, 0.4) is 0 Å². The molecule has 8 heteroatoms. The monoisotopic (exact) mass is 332 g/mol. The third-order valence-corrected chi connectivity index (χ3v) is 2.41. The molecule has 0 radical (unpaired) electrons. The van der Waals surface area contributed by atoms with Crippen molar-refractivity contribution >= 4 is 21.7 Å². The Morgan fingerprint density at radius 3 is 2.39 bits per heavy atom. The van der Waals surface area contributed by atoms with Crippen LogP contribution in [0.2, 0.25) is 0 Å². The van der Waals surface area contributed by atoms with Gasteiger partial charge in [-0.3, -0.25) is 4.79 Å². The molecule has 0 heterocycles. The van der Waals surface area contributed by atoms with Crippen LogP contribution < -0.4 is 4.74 Å². The lowest BCUT2D eigenvalue weighted by Gasteiger charge is -2.13. The third-order valence-electron chi connectivity index (χ3n) is 1.91. The lowest BCUT2D eigenvalue weighted by molar-refractivity contribution is -0.274. The highest BCUT2D eigenvalue weighted by Gasteiger charge is 2.33. The van der Waals surface area contributed by atoms with E-state index in [4.69, 9.17) is 0 Å². The Bertz CT molecular complexity index is 444. The first-order valence-electron chi connectivity index (χ1n) is 4.51. The zero-order chi connectivity index (χ0) is 13.9. The van der Waals surface area contributed by atoms with Crippen molar-refractivity contribution in [3.05, 3.63) is 29.3 Å². The third kappa shape index (κ3) is 3.94. The fraction of sp³-hybridized carbons (Fsp3) is 0.300. The van der Waals surface area contributed by atoms with Crippen LogP contribution in [0.1, 0.15) is 22.3 Å². The predicted molar refractivity (Wildman–Crippen MR) is 56.2 cm³/mol. The number of carbonyl (C=O) groups is 1. The summed E-state index contributed by atoms with van der Waals surface area (Å²) in [7, 11) is 0. The normalized spacial score (nSPS) is 11.7. The van der Waals surface area contributed by atoms with Gasteiger partial charge in [-0.1, -0.05) is 22.0 Å². The zero-order valence-corrected chi connectivity index (χ0v) is 10.2. The molecule has 1 aromatic rings. The largest absolute Gasteiger partial charge is 0.573 e. The van der Waals surface area contributed by atoms with Gasteiger partial charge >= 0.3 is 6.36 Å². The summed E-state index contributed by atoms with van der Waals surface area (Å²) >= 11 is 2.78. The Labute approximate surface area is 107 Å². The van der Waals surface area contributed by atoms with E-state index in [1.54, 1.807) is 0 Å². The number of hydrogen-bond acceptors (Lipinski definition) is 2. The fourth-order valence-electron chi connectivity index (χ4n) is 1.19. The quantitative estimate of drug-likeness (QED) is 0.471. The molecule has 1 aromatic carbocycles. The average Bonchev–Trinajstić information content (AvgIpc) is 2.25. The smallest absolute Gasteiger partial charge is 0.405 e. The first-order chi connectivity index (χ1) is 8.24. The summed E-state index contributed by atoms with van der Waals surface area (Å²) in [5, 5.41) is -0.241. The van der Waals surface area contributed by atoms with Crippen molar-refractivity contribution in [2.24, 2.45) is 0 Å². The van der Waals surface area contributed by atoms with Gasteiger partial charge in [0.05, 0.1) is 10.9 Å². The molecule has 0 bridgehead atoms. The fourth-order valence-corrected chi connectivity index (χ4v) is 1.49. The van der Waals surface area contributed by atoms with Gasteiger partial charge in [0.15, 0.2) is 5.78 Å². The highest BCUT2D eigenvalue weighted by molar-refractivity contribution is 9.09. The van der Waals surface area contributed by atoms with E-state index in [1.807, 2.05) is 0 Å². The summed E-state index contributed by atoms with van der Waals surface area (Å²) in [5.74, 6) is -1.63. The maximum atomic E-state index is 12.4. The number of carbonyl (C=O) groups excluding carboxylic acids is 1. The first kappa shape index (κ1) is 14.9. The molecule has 0 saturated carbocycles. The van der Waals surface area contributed by atoms with Crippen LogP contribution in [-0.2, 0) is 0 Å². The topological polar surface area (TPSA) is 26.3 Å². The minimum atomic E-state index is -5.05. The van der Waals surface area contributed by atoms with Crippen LogP contribution in [0.4, 0.5) is 22.0 Å². The maximum Gasteiger partial charge on any atom is 0.573 e. The predicted octanol–water partition coefficient (Wildman–Crippen LogP) is 4.10. The van der Waals surface area contributed by atoms with Crippen molar-refractivity contribution in [3.63, 3.8) is 0 Å². The number of ketones is 1. The Kier molecular flexibility index (Phi) is 4.66. The average molecular weight is 333 g/mol. The summed E-state index contributed by atoms with van der Waals surface area (Å²) < 4.78 is 64.6. The molecule has 0 aromatic heterocycles. The molecular formula is C10H6BrF5O2. The van der Waals surface area contributed by atoms with Gasteiger partial charge in [-0.15, -0.1) is 13.2 Å². The number of rotatable bonds is 4. The number of halogens is 6. The molecule has 100 valence electrons. The number of alkyl halides is 6. The van der Waals surface area contributed by atoms with E-state index in [0.29, 0.717) is 6.07 Å². The van der Waals surface area contributed by atoms with Gasteiger partial charge in [-0.25, -0.2) is 8.78 Å². The van der Waals surface area contributed by atoms with E-state index in [9.17, 15) is 26.7 Å². The minimum Gasteiger partial charge on any atom is -0.405 e. The van der Waals surface area contributed by atoms with Crippen molar-refractivity contribution in [1.29, 1.82) is 0 Å². The van der Waals surface area contributed by atoms with Gasteiger partial charge in [0.2, 0.25) is 0 Å². The maximum absolute atomic E-state index is 12.4. The van der Waals surface area contributed by atoms with Crippen molar-refractivity contribution in [2.75, 3.05) is 5.33 Å². The lowest BCUT2D eigenvalue weighted by atomic mass is 10.1. The van der Waals surface area contributed by atoms with E-state index < -0.39 is 35.4 Å². The number of hydrogen-bond donors (Lipinski definition) is 0. The van der Waals surface area contributed by atoms with Crippen molar-refractivity contribution in [1.82, 2.24) is 0 Å². The molecule has 0 aliphatic rings. The first-order valence-corrected chi connectivity index (χ1v) is 5.63. The molecule has 0 atom stereocenters. The van der Waals surface area contributed by atoms with Gasteiger partial charge in [-0.2, -0.15) is 0 Å². The molecule has 2 nitrogen and oxygen atoms in total. The lowest BCUT2D eigenvalue weighted by Crippen LogP contribution is -2.19. The molecule has 0 aliphatic heterocycles. The summed E-state index contributed by atoms with van der Waals surface area (Å²) in [6.07, 6.45) is -8.00. The standard InChI is InChI=1S/C10H6BrF5O2/c11-4-7(17)6-2-1-5(9(12)13)3-8(6)18-10(14,15)16/h1-3,9H,4H2. The number of ether oxygens (including phenoxy) is 1. The highest BCUT2D eigenvalue weighted by Crippen LogP contribution is 2.31. The van der Waals surface area contributed by atoms with Crippen molar-refractivity contribution in [2.45, 2.75) is 12.8 Å². The molecule has 0 saturated heterocycles. The Morgan fingerprint density at radius 1 is 1.33 bits per heavy atom. The van der Waals surface area contributed by atoms with Gasteiger partial charge in [0.1, 0.15) is 5.75 Å². The van der Waals surface area contributed by atoms with E-state index in [0.717, 1.165) is 12.1 Å². The minimum absolute atomic E-state index is 0.241. The molecule has 0 N–H and O–H groups in total. The number of Topliss-reactive ketones (excluding diaryl/α,β-unsaturated/α-hetero) is 1. The van der Waals surface area contributed by atoms with E-state index in [1.165, 1.54) is 0 Å². The number of benzene rings is 1. The van der Waals surface area contributed by atoms with Crippen LogP contribution in [0, 0.1) is 0 Å². The molecule has 1 rings (SSSR count). The molecule has 0 amide bonds. The van der Waals surface area contributed by atoms with E-state index >= 15 is 0 Å². The Hall–Kier alpha value is -1.18. The summed E-state index contributed by atoms with van der Waals surface area (Å²) in [6, 6.07) is 2.27. The zero-order valence-electron chi connectivity index (χ0n) is 8.60. The Balaban J connectivity index is 3.22. The van der Waals surface area contributed by atoms with Gasteiger partial charge < -0.3 is 4.74 Å². The van der Waals surface area contributed by atoms with E-state index in [2.05, 4.69) is 20.7 Å². The van der Waals surface area contributed by atoms with Crippen molar-refractivity contribution in [3.8, 4) is 5.75 Å². The molecule has 0 spiro atoms. The molecule has 0 aliphatic carbocycles. The second-order valence-corrected chi connectivity index (χ2v) is 3.72. The second kappa shape index (κ2) is 5.64. The van der Waals surface area contributed by atoms with Gasteiger partial charge in [0, 0.05) is 5.56 Å². The molecule has 18 heavy (non-hydrogen) atoms. The Morgan fingerprint density at radius 2 is 1.94 bits per heavy atom. The molecule has 0 unspecified atom stereocenters. The van der Waals surface area contributed by atoms with Gasteiger partial charge in [0.25, 0.3) is 6.43 Å². The highest BCUT2D eigenvalue weighted by atomic mass is 79.9. The molecular weight excluding hydrogens is 327 g/mol. The van der Waals surface area contributed by atoms with Crippen LogP contribution in [-0.4, -0.2) is 17.5 Å². The SMILES string of the molecule is O=C(CBr)c1ccc(C(F)F)cc1OC(F)(F)F. The second-order valence-electron chi connectivity index (χ2n) is 3.16. The van der Waals surface area contributed by atoms with Crippen LogP contribution in [0.5, 0.6) is 5.75 Å². The van der Waals surface area contributed by atoms with Crippen LogP contribution >= 0.6 is 15.9 Å².